The molecule has 21 heavy (non-hydrogen) atoms. The molecule has 1 atom stereocenters. The minimum absolute atomic E-state index is 0.508. The zero-order valence-corrected chi connectivity index (χ0v) is 13.1. The van der Waals surface area contributed by atoms with Crippen LogP contribution in [-0.2, 0) is 5.60 Å². The van der Waals surface area contributed by atoms with E-state index >= 15 is 0 Å². The van der Waals surface area contributed by atoms with Crippen molar-refractivity contribution in [3.8, 4) is 11.4 Å². The summed E-state index contributed by atoms with van der Waals surface area (Å²) in [5, 5.41) is 12.0. The van der Waals surface area contributed by atoms with Gasteiger partial charge in [0.25, 0.3) is 0 Å². The number of aromatic nitrogens is 4. The minimum atomic E-state index is -0.508. The van der Waals surface area contributed by atoms with E-state index in [1.807, 2.05) is 19.9 Å². The molecular formula is C16H22N4O. The van der Waals surface area contributed by atoms with Crippen molar-refractivity contribution in [2.45, 2.75) is 58.5 Å². The molecular weight excluding hydrogens is 264 g/mol. The fourth-order valence-corrected chi connectivity index (χ4v) is 2.82. The van der Waals surface area contributed by atoms with Crippen molar-refractivity contribution < 1.29 is 4.74 Å². The maximum absolute atomic E-state index is 6.06. The number of benzene rings is 1. The Bertz CT molecular complexity index is 647. The first-order chi connectivity index (χ1) is 10.0. The number of hydrogen-bond acceptors (Lipinski definition) is 4. The van der Waals surface area contributed by atoms with Crippen LogP contribution in [0, 0.1) is 0 Å². The van der Waals surface area contributed by atoms with Gasteiger partial charge in [0, 0.05) is 0 Å². The molecule has 5 heteroatoms. The lowest BCUT2D eigenvalue weighted by molar-refractivity contribution is 0.0853. The average Bonchev–Trinajstić information content (AvgIpc) is 2.95. The highest BCUT2D eigenvalue weighted by Gasteiger charge is 2.36. The van der Waals surface area contributed by atoms with Gasteiger partial charge in [0.05, 0.1) is 0 Å². The third kappa shape index (κ3) is 2.41. The minimum Gasteiger partial charge on any atom is -0.478 e. The summed E-state index contributed by atoms with van der Waals surface area (Å²) in [6, 6.07) is 6.36. The van der Waals surface area contributed by atoms with Crippen LogP contribution in [0.3, 0.4) is 0 Å². The van der Waals surface area contributed by atoms with Crippen LogP contribution in [0.4, 0.5) is 0 Å². The largest absolute Gasteiger partial charge is 0.478 e. The molecule has 112 valence electrons. The Kier molecular flexibility index (Phi) is 3.43. The molecule has 0 saturated heterocycles. The van der Waals surface area contributed by atoms with Gasteiger partial charge in [-0.05, 0) is 54.3 Å². The van der Waals surface area contributed by atoms with Gasteiger partial charge in [-0.1, -0.05) is 32.8 Å². The van der Waals surface area contributed by atoms with Crippen molar-refractivity contribution in [3.63, 3.8) is 0 Å². The molecule has 0 fully saturated rings. The van der Waals surface area contributed by atoms with Crippen molar-refractivity contribution in [2.75, 3.05) is 0 Å². The Morgan fingerprint density at radius 3 is 2.90 bits per heavy atom. The molecule has 1 aromatic carbocycles. The lowest BCUT2D eigenvalue weighted by Gasteiger charge is -2.31. The van der Waals surface area contributed by atoms with E-state index in [1.54, 1.807) is 4.68 Å². The molecule has 0 bridgehead atoms. The highest BCUT2D eigenvalue weighted by Crippen LogP contribution is 2.38. The molecule has 2 aromatic rings. The van der Waals surface area contributed by atoms with E-state index in [1.165, 1.54) is 24.8 Å². The van der Waals surface area contributed by atoms with Crippen LogP contribution in [-0.4, -0.2) is 20.2 Å². The van der Waals surface area contributed by atoms with Gasteiger partial charge in [0.1, 0.15) is 11.4 Å². The molecule has 0 N–H and O–H groups in total. The quantitative estimate of drug-likeness (QED) is 0.862. The zero-order chi connectivity index (χ0) is 15.0. The Morgan fingerprint density at radius 2 is 2.14 bits per heavy atom. The predicted octanol–water partition coefficient (Wildman–Crippen LogP) is 3.58. The van der Waals surface area contributed by atoms with Gasteiger partial charge in [-0.3, -0.25) is 0 Å². The molecule has 3 rings (SSSR count). The van der Waals surface area contributed by atoms with Crippen LogP contribution in [0.2, 0.25) is 0 Å². The molecule has 0 saturated carbocycles. The molecule has 1 aliphatic heterocycles. The lowest BCUT2D eigenvalue weighted by Crippen LogP contribution is -2.33. The van der Waals surface area contributed by atoms with E-state index in [-0.39, 0.29) is 0 Å². The summed E-state index contributed by atoms with van der Waals surface area (Å²) in [4.78, 5) is 0. The van der Waals surface area contributed by atoms with E-state index in [9.17, 15) is 0 Å². The summed E-state index contributed by atoms with van der Waals surface area (Å²) in [6.07, 6.45) is 3.67. The Labute approximate surface area is 125 Å². The normalized spacial score (nSPS) is 16.8. The van der Waals surface area contributed by atoms with Crippen LogP contribution in [0.5, 0.6) is 5.75 Å². The summed E-state index contributed by atoms with van der Waals surface area (Å²) < 4.78 is 7.86. The van der Waals surface area contributed by atoms with Crippen molar-refractivity contribution in [1.82, 2.24) is 20.2 Å². The van der Waals surface area contributed by atoms with Crippen LogP contribution >= 0.6 is 0 Å². The highest BCUT2D eigenvalue weighted by atomic mass is 16.5. The van der Waals surface area contributed by atoms with Crippen LogP contribution < -0.4 is 4.74 Å². The Balaban J connectivity index is 2.00. The van der Waals surface area contributed by atoms with Gasteiger partial charge in [-0.25, -0.2) is 0 Å². The number of unbranched alkanes of at least 4 members (excludes halogenated alkanes) is 1. The molecule has 5 nitrogen and oxygen atoms in total. The van der Waals surface area contributed by atoms with E-state index in [2.05, 4.69) is 41.5 Å². The van der Waals surface area contributed by atoms with Gasteiger partial charge in [0.15, 0.2) is 11.4 Å². The number of ether oxygens (including phenoxy) is 1. The number of tetrazole rings is 1. The molecule has 1 unspecified atom stereocenters. The summed E-state index contributed by atoms with van der Waals surface area (Å²) in [7, 11) is 0. The molecule has 2 heterocycles. The molecule has 1 aliphatic rings. The number of hydrogen-bond donors (Lipinski definition) is 0. The van der Waals surface area contributed by atoms with Crippen molar-refractivity contribution in [2.24, 2.45) is 0 Å². The second kappa shape index (κ2) is 5.13. The van der Waals surface area contributed by atoms with Gasteiger partial charge < -0.3 is 4.74 Å². The van der Waals surface area contributed by atoms with E-state index in [4.69, 9.17) is 4.74 Å². The van der Waals surface area contributed by atoms with Gasteiger partial charge >= 0.3 is 0 Å². The van der Waals surface area contributed by atoms with E-state index < -0.39 is 5.60 Å². The Hall–Kier alpha value is -1.91. The maximum Gasteiger partial charge on any atom is 0.199 e. The molecule has 0 spiro atoms. The lowest BCUT2D eigenvalue weighted by atomic mass is 9.94. The average molecular weight is 286 g/mol. The first-order valence-electron chi connectivity index (χ1n) is 7.65. The summed E-state index contributed by atoms with van der Waals surface area (Å²) >= 11 is 0. The standard InChI is InChI=1S/C16H22N4O/c1-5-6-7-11(2)12-8-9-14-13(10-12)20-15(17-18-19-20)16(3,4)21-14/h8-11H,5-7H2,1-4H3. The second-order valence-electron chi connectivity index (χ2n) is 6.30. The molecule has 0 aliphatic carbocycles. The zero-order valence-electron chi connectivity index (χ0n) is 13.1. The highest BCUT2D eigenvalue weighted by molar-refractivity contribution is 5.52. The van der Waals surface area contributed by atoms with Crippen molar-refractivity contribution in [3.05, 3.63) is 29.6 Å². The van der Waals surface area contributed by atoms with E-state index in [0.29, 0.717) is 5.92 Å². The van der Waals surface area contributed by atoms with Crippen LogP contribution in [0.1, 0.15) is 64.3 Å². The first-order valence-corrected chi connectivity index (χ1v) is 7.65. The van der Waals surface area contributed by atoms with Gasteiger partial charge in [-0.15, -0.1) is 5.10 Å². The molecule has 1 aromatic heterocycles. The number of rotatable bonds is 4. The first kappa shape index (κ1) is 14.0. The second-order valence-corrected chi connectivity index (χ2v) is 6.30. The maximum atomic E-state index is 6.06. The summed E-state index contributed by atoms with van der Waals surface area (Å²) in [5.41, 5.74) is 1.74. The van der Waals surface area contributed by atoms with Gasteiger partial charge in [0.2, 0.25) is 0 Å². The van der Waals surface area contributed by atoms with Crippen LogP contribution in [0.25, 0.3) is 5.69 Å². The van der Waals surface area contributed by atoms with Crippen molar-refractivity contribution >= 4 is 0 Å². The smallest absolute Gasteiger partial charge is 0.199 e. The molecule has 0 radical (unpaired) electrons. The third-order valence-electron chi connectivity index (χ3n) is 4.14. The SMILES string of the molecule is CCCCC(C)c1ccc2c(c1)-n1nnnc1C(C)(C)O2. The predicted molar refractivity (Wildman–Crippen MR) is 80.7 cm³/mol. The number of nitrogens with zero attached hydrogens (tertiary/aromatic N) is 4. The van der Waals surface area contributed by atoms with Gasteiger partial charge in [-0.2, -0.15) is 4.68 Å². The number of fused-ring (bicyclic) bond motifs is 3. The van der Waals surface area contributed by atoms with Crippen molar-refractivity contribution in [1.29, 1.82) is 0 Å². The topological polar surface area (TPSA) is 52.8 Å². The Morgan fingerprint density at radius 1 is 1.33 bits per heavy atom. The van der Waals surface area contributed by atoms with E-state index in [0.717, 1.165) is 17.3 Å². The fraction of sp³-hybridized carbons (Fsp3) is 0.562. The van der Waals surface area contributed by atoms with Crippen LogP contribution in [0.15, 0.2) is 18.2 Å². The third-order valence-corrected chi connectivity index (χ3v) is 4.14. The summed E-state index contributed by atoms with van der Waals surface area (Å²) in [6.45, 7) is 8.46. The molecule has 0 amide bonds. The monoisotopic (exact) mass is 286 g/mol. The fourth-order valence-electron chi connectivity index (χ4n) is 2.82. The summed E-state index contributed by atoms with van der Waals surface area (Å²) in [5.74, 6) is 2.12.